The Labute approximate surface area is 94.3 Å². The molecule has 0 saturated carbocycles. The number of hydrogen-bond acceptors (Lipinski definition) is 2. The summed E-state index contributed by atoms with van der Waals surface area (Å²) in [4.78, 5) is 13.1. The number of allylic oxidation sites excluding steroid dienone is 2. The summed E-state index contributed by atoms with van der Waals surface area (Å²) in [6.07, 6.45) is 7.75. The molecule has 1 aromatic carbocycles. The van der Waals surface area contributed by atoms with Gasteiger partial charge in [-0.2, -0.15) is 0 Å². The molecule has 0 amide bonds. The van der Waals surface area contributed by atoms with Gasteiger partial charge >= 0.3 is 5.97 Å². The molecule has 1 aromatic rings. The molecule has 0 aliphatic carbocycles. The van der Waals surface area contributed by atoms with E-state index < -0.39 is 5.97 Å². The smallest absolute Gasteiger partial charge is 0.337 e. The average molecular weight is 215 g/mol. The fourth-order valence-corrected chi connectivity index (χ4v) is 1.85. The molecule has 2 rings (SSSR count). The van der Waals surface area contributed by atoms with Crippen LogP contribution in [-0.2, 0) is 0 Å². The molecule has 0 radical (unpaired) electrons. The van der Waals surface area contributed by atoms with Crippen LogP contribution in [0.2, 0.25) is 0 Å². The van der Waals surface area contributed by atoms with Crippen LogP contribution in [0.1, 0.15) is 15.9 Å². The van der Waals surface area contributed by atoms with Gasteiger partial charge in [0.2, 0.25) is 0 Å². The van der Waals surface area contributed by atoms with Crippen LogP contribution in [0.4, 0.5) is 5.69 Å². The van der Waals surface area contributed by atoms with Crippen LogP contribution in [0.5, 0.6) is 0 Å². The topological polar surface area (TPSA) is 40.5 Å². The van der Waals surface area contributed by atoms with Crippen molar-refractivity contribution in [3.8, 4) is 0 Å². The highest BCUT2D eigenvalue weighted by molar-refractivity contribution is 5.95. The van der Waals surface area contributed by atoms with Crippen molar-refractivity contribution < 1.29 is 9.90 Å². The van der Waals surface area contributed by atoms with Gasteiger partial charge in [-0.25, -0.2) is 4.79 Å². The second-order valence-corrected chi connectivity index (χ2v) is 3.70. The van der Waals surface area contributed by atoms with E-state index in [2.05, 4.69) is 0 Å². The summed E-state index contributed by atoms with van der Waals surface area (Å²) in [5, 5.41) is 9.15. The van der Waals surface area contributed by atoms with Gasteiger partial charge < -0.3 is 10.0 Å². The summed E-state index contributed by atoms with van der Waals surface area (Å²) in [5.74, 6) is -0.887. The average Bonchev–Trinajstić information content (AvgIpc) is 2.29. The van der Waals surface area contributed by atoms with Gasteiger partial charge in [-0.1, -0.05) is 24.3 Å². The molecule has 0 fully saturated rings. The lowest BCUT2D eigenvalue weighted by molar-refractivity contribution is 0.0697. The second-order valence-electron chi connectivity index (χ2n) is 3.70. The maximum Gasteiger partial charge on any atom is 0.337 e. The van der Waals surface area contributed by atoms with Crippen molar-refractivity contribution in [2.45, 2.75) is 6.92 Å². The van der Waals surface area contributed by atoms with Crippen molar-refractivity contribution in [2.24, 2.45) is 0 Å². The largest absolute Gasteiger partial charge is 0.478 e. The minimum Gasteiger partial charge on any atom is -0.478 e. The van der Waals surface area contributed by atoms with Crippen LogP contribution in [0.25, 0.3) is 0 Å². The fraction of sp³-hybridized carbons (Fsp3) is 0.154. The van der Waals surface area contributed by atoms with E-state index in [0.29, 0.717) is 12.1 Å². The zero-order valence-corrected chi connectivity index (χ0v) is 9.05. The lowest BCUT2D eigenvalue weighted by Crippen LogP contribution is -2.21. The van der Waals surface area contributed by atoms with Gasteiger partial charge in [0.15, 0.2) is 0 Å². The molecule has 0 spiro atoms. The molecule has 0 atom stereocenters. The normalized spacial score (nSPS) is 14.2. The number of nitrogens with zero attached hydrogens (tertiary/aromatic N) is 1. The van der Waals surface area contributed by atoms with Crippen molar-refractivity contribution >= 4 is 11.7 Å². The van der Waals surface area contributed by atoms with Crippen LogP contribution in [0.15, 0.2) is 42.6 Å². The third-order valence-electron chi connectivity index (χ3n) is 2.57. The molecular weight excluding hydrogens is 202 g/mol. The van der Waals surface area contributed by atoms with E-state index in [1.165, 1.54) is 0 Å². The van der Waals surface area contributed by atoms with Gasteiger partial charge in [0.1, 0.15) is 0 Å². The van der Waals surface area contributed by atoms with Crippen LogP contribution in [0.3, 0.4) is 0 Å². The molecule has 16 heavy (non-hydrogen) atoms. The summed E-state index contributed by atoms with van der Waals surface area (Å²) in [5.41, 5.74) is 2.09. The van der Waals surface area contributed by atoms with Gasteiger partial charge in [-0.3, -0.25) is 0 Å². The summed E-state index contributed by atoms with van der Waals surface area (Å²) >= 11 is 0. The van der Waals surface area contributed by atoms with E-state index in [0.717, 1.165) is 11.3 Å². The number of carboxylic acid groups (broad SMARTS) is 1. The highest BCUT2D eigenvalue weighted by atomic mass is 16.4. The lowest BCUT2D eigenvalue weighted by Gasteiger charge is -2.24. The molecule has 3 heteroatoms. The number of benzene rings is 1. The zero-order chi connectivity index (χ0) is 11.5. The first-order chi connectivity index (χ1) is 7.70. The highest BCUT2D eigenvalue weighted by Gasteiger charge is 2.16. The minimum absolute atomic E-state index is 0.347. The Balaban J connectivity index is 2.49. The number of para-hydroxylation sites is 1. The maximum absolute atomic E-state index is 11.1. The van der Waals surface area contributed by atoms with Crippen LogP contribution >= 0.6 is 0 Å². The monoisotopic (exact) mass is 215 g/mol. The van der Waals surface area contributed by atoms with E-state index in [1.54, 1.807) is 12.1 Å². The van der Waals surface area contributed by atoms with E-state index in [-0.39, 0.29) is 0 Å². The molecule has 1 heterocycles. The van der Waals surface area contributed by atoms with Crippen LogP contribution < -0.4 is 4.90 Å². The molecule has 0 aromatic heterocycles. The molecule has 3 nitrogen and oxygen atoms in total. The summed E-state index contributed by atoms with van der Waals surface area (Å²) in [6, 6.07) is 5.33. The molecule has 1 aliphatic heterocycles. The molecule has 0 unspecified atom stereocenters. The van der Waals surface area contributed by atoms with Crippen molar-refractivity contribution in [2.75, 3.05) is 11.4 Å². The first-order valence-electron chi connectivity index (χ1n) is 5.13. The Morgan fingerprint density at radius 3 is 2.81 bits per heavy atom. The van der Waals surface area contributed by atoms with Crippen molar-refractivity contribution in [3.63, 3.8) is 0 Å². The lowest BCUT2D eigenvalue weighted by atomic mass is 10.1. The van der Waals surface area contributed by atoms with Crippen LogP contribution in [-0.4, -0.2) is 17.6 Å². The highest BCUT2D eigenvalue weighted by Crippen LogP contribution is 2.26. The van der Waals surface area contributed by atoms with Gasteiger partial charge in [0.25, 0.3) is 0 Å². The molecule has 1 N–H and O–H groups in total. The van der Waals surface area contributed by atoms with Gasteiger partial charge in [-0.15, -0.1) is 0 Å². The van der Waals surface area contributed by atoms with Crippen molar-refractivity contribution in [1.29, 1.82) is 0 Å². The summed E-state index contributed by atoms with van der Waals surface area (Å²) < 4.78 is 0. The standard InChI is InChI=1S/C13H13NO2/c1-10-6-5-7-11(13(15)16)12(10)14-8-3-2-4-9-14/h2-8H,9H2,1H3,(H,15,16). The molecule has 82 valence electrons. The first-order valence-corrected chi connectivity index (χ1v) is 5.13. The summed E-state index contributed by atoms with van der Waals surface area (Å²) in [7, 11) is 0. The third-order valence-corrected chi connectivity index (χ3v) is 2.57. The Morgan fingerprint density at radius 1 is 1.38 bits per heavy atom. The number of aryl methyl sites for hydroxylation is 1. The Morgan fingerprint density at radius 2 is 2.19 bits per heavy atom. The number of carbonyl (C=O) groups is 1. The Bertz CT molecular complexity index is 475. The van der Waals surface area contributed by atoms with Gasteiger partial charge in [0.05, 0.1) is 11.3 Å². The van der Waals surface area contributed by atoms with Gasteiger partial charge in [0, 0.05) is 12.7 Å². The number of anilines is 1. The molecule has 0 bridgehead atoms. The number of rotatable bonds is 2. The molecule has 1 aliphatic rings. The van der Waals surface area contributed by atoms with Gasteiger partial charge in [-0.05, 0) is 24.6 Å². The first kappa shape index (κ1) is 10.5. The van der Waals surface area contributed by atoms with Crippen molar-refractivity contribution in [1.82, 2.24) is 0 Å². The van der Waals surface area contributed by atoms with Crippen molar-refractivity contribution in [3.05, 3.63) is 53.8 Å². The molecule has 0 saturated heterocycles. The third kappa shape index (κ3) is 1.84. The fourth-order valence-electron chi connectivity index (χ4n) is 1.85. The predicted molar refractivity (Wildman–Crippen MR) is 63.8 cm³/mol. The molecular formula is C13H13NO2. The number of aromatic carboxylic acids is 1. The Kier molecular flexibility index (Phi) is 2.77. The van der Waals surface area contributed by atoms with E-state index in [4.69, 9.17) is 5.11 Å². The maximum atomic E-state index is 11.1. The van der Waals surface area contributed by atoms with Crippen LogP contribution in [0, 0.1) is 6.92 Å². The summed E-state index contributed by atoms with van der Waals surface area (Å²) in [6.45, 7) is 2.63. The van der Waals surface area contributed by atoms with E-state index in [1.807, 2.05) is 42.3 Å². The zero-order valence-electron chi connectivity index (χ0n) is 9.05. The number of hydrogen-bond donors (Lipinski definition) is 1. The number of carboxylic acids is 1. The second kappa shape index (κ2) is 4.23. The predicted octanol–water partition coefficient (Wildman–Crippen LogP) is 2.58. The van der Waals surface area contributed by atoms with E-state index in [9.17, 15) is 4.79 Å². The quantitative estimate of drug-likeness (QED) is 0.824. The Hall–Kier alpha value is -2.03. The van der Waals surface area contributed by atoms with E-state index >= 15 is 0 Å². The SMILES string of the molecule is Cc1cccc(C(=O)O)c1N1C=CC=CC1. The minimum atomic E-state index is -0.887.